The third kappa shape index (κ3) is 18.1. The van der Waals surface area contributed by atoms with Crippen molar-refractivity contribution in [3.63, 3.8) is 0 Å². The molecule has 0 aliphatic carbocycles. The molecule has 2 bridgehead atoms. The molecule has 320 valence electrons. The third-order valence-electron chi connectivity index (χ3n) is 12.0. The van der Waals surface area contributed by atoms with E-state index in [2.05, 4.69) is 163 Å². The SMILES string of the molecule is CN(C)N1CCN(CC(C)(C)C)CC1.CN1CC2(CCN(CC(C)(C)C)CC2)C1.CN1CC2CC1CN2CC(C)(C)C.CN1CCN(CC(C)(C)C)CC1. The largest absolute Gasteiger partial charge is 0.305 e. The average Bonchev–Trinajstić information content (AvgIpc) is 3.56. The quantitative estimate of drug-likeness (QED) is 0.341. The summed E-state index contributed by atoms with van der Waals surface area (Å²) in [4.78, 5) is 17.9. The number of likely N-dealkylation sites (N-methyl/N-ethyl adjacent to an activating group) is 2. The highest BCUT2D eigenvalue weighted by molar-refractivity contribution is 4.99. The Balaban J connectivity index is 0.000000194. The summed E-state index contributed by atoms with van der Waals surface area (Å²) in [7, 11) is 11.0. The second-order valence-electron chi connectivity index (χ2n) is 23.8. The predicted molar refractivity (Wildman–Crippen MR) is 235 cm³/mol. The molecule has 1 spiro atoms. The van der Waals surface area contributed by atoms with Gasteiger partial charge in [0.05, 0.1) is 0 Å². The maximum Gasteiger partial charge on any atom is 0.0261 e. The number of hydrogen-bond acceptors (Lipinski definition) is 9. The van der Waals surface area contributed by atoms with Gasteiger partial charge >= 0.3 is 0 Å². The summed E-state index contributed by atoms with van der Waals surface area (Å²) in [6.07, 6.45) is 4.26. The Morgan fingerprint density at radius 3 is 1.22 bits per heavy atom. The molecule has 0 radical (unpaired) electrons. The number of piperazine rings is 3. The first-order chi connectivity index (χ1) is 24.7. The molecule has 6 fully saturated rings. The van der Waals surface area contributed by atoms with Crippen molar-refractivity contribution in [1.82, 2.24) is 44.3 Å². The summed E-state index contributed by atoms with van der Waals surface area (Å²) in [5, 5.41) is 4.60. The first kappa shape index (κ1) is 48.0. The van der Waals surface area contributed by atoms with Gasteiger partial charge in [-0.2, -0.15) is 0 Å². The molecule has 0 aromatic heterocycles. The van der Waals surface area contributed by atoms with Crippen LogP contribution in [0.1, 0.15) is 102 Å². The Labute approximate surface area is 338 Å². The molecule has 0 amide bonds. The second-order valence-corrected chi connectivity index (χ2v) is 23.8. The average molecular weight is 762 g/mol. The molecule has 2 unspecified atom stereocenters. The summed E-state index contributed by atoms with van der Waals surface area (Å²) in [5.74, 6) is 0. The Morgan fingerprint density at radius 2 is 0.889 bits per heavy atom. The first-order valence-electron chi connectivity index (χ1n) is 22.1. The highest BCUT2D eigenvalue weighted by Gasteiger charge is 2.43. The van der Waals surface area contributed by atoms with Crippen LogP contribution in [0.2, 0.25) is 0 Å². The molecule has 6 aliphatic heterocycles. The summed E-state index contributed by atoms with van der Waals surface area (Å²) >= 11 is 0. The molecule has 0 aromatic carbocycles. The highest BCUT2D eigenvalue weighted by atomic mass is 15.6. The van der Waals surface area contributed by atoms with E-state index in [0.717, 1.165) is 12.1 Å². The fraction of sp³-hybridized carbons (Fsp3) is 1.00. The van der Waals surface area contributed by atoms with E-state index in [1.165, 1.54) is 137 Å². The molecule has 6 aliphatic rings. The highest BCUT2D eigenvalue weighted by Crippen LogP contribution is 2.40. The van der Waals surface area contributed by atoms with Crippen LogP contribution in [0.25, 0.3) is 0 Å². The van der Waals surface area contributed by atoms with Gasteiger partial charge in [0.15, 0.2) is 0 Å². The van der Waals surface area contributed by atoms with Crippen LogP contribution >= 0.6 is 0 Å². The minimum atomic E-state index is 0.431. The van der Waals surface area contributed by atoms with Crippen molar-refractivity contribution in [2.24, 2.45) is 27.1 Å². The lowest BCUT2D eigenvalue weighted by molar-refractivity contribution is -0.0364. The lowest BCUT2D eigenvalue weighted by atomic mass is 9.72. The van der Waals surface area contributed by atoms with Crippen LogP contribution in [0.4, 0.5) is 0 Å². The number of fused-ring (bicyclic) bond motifs is 2. The maximum atomic E-state index is 2.69. The van der Waals surface area contributed by atoms with E-state index in [-0.39, 0.29) is 0 Å². The lowest BCUT2D eigenvalue weighted by Gasteiger charge is -2.53. The zero-order valence-corrected chi connectivity index (χ0v) is 39.5. The zero-order chi connectivity index (χ0) is 40.7. The summed E-state index contributed by atoms with van der Waals surface area (Å²) in [6.45, 7) is 50.5. The van der Waals surface area contributed by atoms with Gasteiger partial charge in [0, 0.05) is 131 Å². The van der Waals surface area contributed by atoms with Gasteiger partial charge < -0.3 is 29.4 Å². The molecule has 0 N–H and O–H groups in total. The minimum absolute atomic E-state index is 0.431. The standard InChI is InChI=1S/C13H26N2.C11H25N3.C11H22N2.C10H22N2/c1-12(2,3)9-15-7-5-13(6-8-15)10-14(4)11-13;1-11(2,3)10-13-6-8-14(9-7-13)12(4)5;1-11(2,3)8-13-7-9-5-10(13)6-12(9)4;1-10(2,3)9-12-7-5-11(4)6-8-12/h5-11H2,1-4H3;6-10H2,1-5H3;9-10H,5-8H2,1-4H3;5-9H2,1-4H3. The van der Waals surface area contributed by atoms with Crippen molar-refractivity contribution in [3.8, 4) is 0 Å². The van der Waals surface area contributed by atoms with Crippen molar-refractivity contribution in [1.29, 1.82) is 0 Å². The Bertz CT molecular complexity index is 1030. The normalized spacial score (nSPS) is 27.2. The van der Waals surface area contributed by atoms with Gasteiger partial charge in [-0.1, -0.05) is 83.1 Å². The van der Waals surface area contributed by atoms with E-state index in [1.54, 1.807) is 0 Å². The number of likely N-dealkylation sites (tertiary alicyclic amines) is 4. The van der Waals surface area contributed by atoms with E-state index in [4.69, 9.17) is 0 Å². The summed E-state index contributed by atoms with van der Waals surface area (Å²) in [6, 6.07) is 1.71. The van der Waals surface area contributed by atoms with Gasteiger partial charge in [-0.3, -0.25) is 4.90 Å². The molecule has 6 rings (SSSR count). The predicted octanol–water partition coefficient (Wildman–Crippen LogP) is 5.89. The Hall–Kier alpha value is -0.360. The van der Waals surface area contributed by atoms with Crippen molar-refractivity contribution in [3.05, 3.63) is 0 Å². The Morgan fingerprint density at radius 1 is 0.481 bits per heavy atom. The molecular weight excluding hydrogens is 667 g/mol. The molecule has 9 nitrogen and oxygen atoms in total. The van der Waals surface area contributed by atoms with Crippen LogP contribution < -0.4 is 0 Å². The van der Waals surface area contributed by atoms with Crippen molar-refractivity contribution in [2.45, 2.75) is 114 Å². The maximum absolute atomic E-state index is 2.69. The number of nitrogens with zero attached hydrogens (tertiary/aromatic N) is 9. The van der Waals surface area contributed by atoms with E-state index in [9.17, 15) is 0 Å². The van der Waals surface area contributed by atoms with Gasteiger partial charge in [0.2, 0.25) is 0 Å². The second kappa shape index (κ2) is 20.1. The number of hydrogen-bond donors (Lipinski definition) is 0. The van der Waals surface area contributed by atoms with Gasteiger partial charge in [-0.15, -0.1) is 0 Å². The number of piperidine rings is 1. The molecule has 0 aromatic rings. The van der Waals surface area contributed by atoms with Crippen LogP contribution in [0.5, 0.6) is 0 Å². The van der Waals surface area contributed by atoms with Crippen LogP contribution in [0.3, 0.4) is 0 Å². The monoisotopic (exact) mass is 762 g/mol. The fourth-order valence-corrected chi connectivity index (χ4v) is 9.67. The van der Waals surface area contributed by atoms with E-state index >= 15 is 0 Å². The first-order valence-corrected chi connectivity index (χ1v) is 22.1. The molecule has 0 saturated carbocycles. The van der Waals surface area contributed by atoms with Gasteiger partial charge in [0.25, 0.3) is 0 Å². The molecule has 2 atom stereocenters. The van der Waals surface area contributed by atoms with Crippen molar-refractivity contribution in [2.75, 3.05) is 153 Å². The van der Waals surface area contributed by atoms with Crippen LogP contribution in [0.15, 0.2) is 0 Å². The molecule has 54 heavy (non-hydrogen) atoms. The molecular formula is C45H95N9. The van der Waals surface area contributed by atoms with Crippen LogP contribution in [-0.4, -0.2) is 209 Å². The van der Waals surface area contributed by atoms with Gasteiger partial charge in [-0.25, -0.2) is 10.0 Å². The topological polar surface area (TPSA) is 29.2 Å². The van der Waals surface area contributed by atoms with Crippen LogP contribution in [0, 0.1) is 27.1 Å². The number of hydrazine groups is 1. The van der Waals surface area contributed by atoms with Crippen molar-refractivity contribution < 1.29 is 0 Å². The molecule has 6 saturated heterocycles. The fourth-order valence-electron chi connectivity index (χ4n) is 9.67. The summed E-state index contributed by atoms with van der Waals surface area (Å²) in [5.41, 5.74) is 2.52. The lowest BCUT2D eigenvalue weighted by Crippen LogP contribution is -2.59. The van der Waals surface area contributed by atoms with E-state index in [0.29, 0.717) is 27.1 Å². The van der Waals surface area contributed by atoms with Gasteiger partial charge in [0.1, 0.15) is 0 Å². The molecule has 9 heteroatoms. The van der Waals surface area contributed by atoms with E-state index in [1.807, 2.05) is 0 Å². The minimum Gasteiger partial charge on any atom is -0.305 e. The number of rotatable bonds is 5. The summed E-state index contributed by atoms with van der Waals surface area (Å²) < 4.78 is 0. The molecule has 6 heterocycles. The van der Waals surface area contributed by atoms with E-state index < -0.39 is 0 Å². The Kier molecular flexibility index (Phi) is 17.8. The smallest absolute Gasteiger partial charge is 0.0261 e. The van der Waals surface area contributed by atoms with Gasteiger partial charge in [-0.05, 0) is 80.6 Å². The zero-order valence-electron chi connectivity index (χ0n) is 39.5. The van der Waals surface area contributed by atoms with Crippen LogP contribution in [-0.2, 0) is 0 Å². The third-order valence-corrected chi connectivity index (χ3v) is 12.0. The van der Waals surface area contributed by atoms with Crippen molar-refractivity contribution >= 4 is 0 Å².